The molecule has 5 nitrogen and oxygen atoms in total. The Morgan fingerprint density at radius 1 is 1.23 bits per heavy atom. The molecule has 0 saturated heterocycles. The van der Waals surface area contributed by atoms with Crippen LogP contribution in [-0.2, 0) is 10.0 Å². The number of carboxylic acids is 1. The second-order valence-electron chi connectivity index (χ2n) is 4.25. The summed E-state index contributed by atoms with van der Waals surface area (Å²) in [7, 11) is -4.01. The van der Waals surface area contributed by atoms with E-state index < -0.39 is 27.4 Å². The normalized spacial score (nSPS) is 11.2. The van der Waals surface area contributed by atoms with Crippen LogP contribution in [0, 0.1) is 5.82 Å². The Morgan fingerprint density at radius 2 is 1.91 bits per heavy atom. The fourth-order valence-electron chi connectivity index (χ4n) is 1.77. The van der Waals surface area contributed by atoms with Gasteiger partial charge in [-0.05, 0) is 36.6 Å². The van der Waals surface area contributed by atoms with E-state index >= 15 is 0 Å². The second-order valence-corrected chi connectivity index (χ2v) is 6.78. The molecule has 0 unspecified atom stereocenters. The van der Waals surface area contributed by atoms with Crippen molar-refractivity contribution in [1.82, 2.24) is 0 Å². The summed E-state index contributed by atoms with van der Waals surface area (Å²) in [4.78, 5) is 11.3. The van der Waals surface area contributed by atoms with Crippen LogP contribution in [0.2, 0.25) is 0 Å². The Morgan fingerprint density at radius 3 is 2.55 bits per heavy atom. The van der Waals surface area contributed by atoms with Gasteiger partial charge in [0, 0.05) is 4.90 Å². The highest BCUT2D eigenvalue weighted by Crippen LogP contribution is 2.27. The highest BCUT2D eigenvalue weighted by molar-refractivity contribution is 7.99. The van der Waals surface area contributed by atoms with Gasteiger partial charge in [-0.15, -0.1) is 11.8 Å². The number of aromatic carboxylic acids is 1. The van der Waals surface area contributed by atoms with Crippen molar-refractivity contribution in [2.45, 2.75) is 9.79 Å². The second kappa shape index (κ2) is 6.37. The van der Waals surface area contributed by atoms with Crippen molar-refractivity contribution in [3.05, 3.63) is 53.8 Å². The number of hydrogen-bond acceptors (Lipinski definition) is 4. The van der Waals surface area contributed by atoms with Crippen LogP contribution in [0.15, 0.2) is 52.3 Å². The zero-order valence-corrected chi connectivity index (χ0v) is 13.0. The van der Waals surface area contributed by atoms with Gasteiger partial charge in [0.25, 0.3) is 10.0 Å². The fraction of sp³-hybridized carbons (Fsp3) is 0.0714. The van der Waals surface area contributed by atoms with Gasteiger partial charge in [0.1, 0.15) is 5.82 Å². The first-order valence-corrected chi connectivity index (χ1v) is 8.74. The number of nitrogens with one attached hydrogen (secondary N) is 1. The van der Waals surface area contributed by atoms with E-state index in [1.807, 2.05) is 0 Å². The van der Waals surface area contributed by atoms with Crippen LogP contribution in [0.1, 0.15) is 10.4 Å². The summed E-state index contributed by atoms with van der Waals surface area (Å²) in [6.07, 6.45) is 1.80. The number of rotatable bonds is 5. The van der Waals surface area contributed by atoms with E-state index in [-0.39, 0.29) is 4.90 Å². The summed E-state index contributed by atoms with van der Waals surface area (Å²) in [5, 5.41) is 8.87. The van der Waals surface area contributed by atoms with Crippen molar-refractivity contribution < 1.29 is 22.7 Å². The van der Waals surface area contributed by atoms with E-state index in [9.17, 15) is 17.6 Å². The zero-order chi connectivity index (χ0) is 16.3. The van der Waals surface area contributed by atoms with E-state index in [4.69, 9.17) is 5.11 Å². The topological polar surface area (TPSA) is 83.5 Å². The Kier molecular flexibility index (Phi) is 4.72. The van der Waals surface area contributed by atoms with Crippen LogP contribution in [-0.4, -0.2) is 25.7 Å². The van der Waals surface area contributed by atoms with E-state index in [2.05, 4.69) is 4.72 Å². The lowest BCUT2D eigenvalue weighted by Crippen LogP contribution is -2.15. The zero-order valence-electron chi connectivity index (χ0n) is 11.4. The van der Waals surface area contributed by atoms with Crippen molar-refractivity contribution in [1.29, 1.82) is 0 Å². The predicted molar refractivity (Wildman–Crippen MR) is 82.4 cm³/mol. The van der Waals surface area contributed by atoms with Gasteiger partial charge in [0.2, 0.25) is 0 Å². The van der Waals surface area contributed by atoms with Gasteiger partial charge in [-0.3, -0.25) is 4.72 Å². The minimum Gasteiger partial charge on any atom is -0.478 e. The molecule has 0 radical (unpaired) electrons. The fourth-order valence-corrected chi connectivity index (χ4v) is 3.49. The van der Waals surface area contributed by atoms with Crippen LogP contribution in [0.3, 0.4) is 0 Å². The molecule has 0 bridgehead atoms. The number of para-hydroxylation sites is 1. The number of hydrogen-bond donors (Lipinski definition) is 2. The maximum Gasteiger partial charge on any atom is 0.338 e. The number of halogens is 1. The standard InChI is InChI=1S/C14H12FNO4S2/c1-21-13-5-3-2-4-12(13)16-22(19,20)9-6-7-11(15)10(8-9)14(17)18/h2-8,16H,1H3,(H,17,18). The molecule has 0 aliphatic carbocycles. The molecule has 0 aliphatic heterocycles. The molecule has 0 atom stereocenters. The predicted octanol–water partition coefficient (Wildman–Crippen LogP) is 3.05. The van der Waals surface area contributed by atoms with Gasteiger partial charge < -0.3 is 5.11 Å². The lowest BCUT2D eigenvalue weighted by atomic mass is 10.2. The Hall–Kier alpha value is -2.06. The first kappa shape index (κ1) is 16.3. The maximum atomic E-state index is 13.4. The summed E-state index contributed by atoms with van der Waals surface area (Å²) in [6, 6.07) is 9.40. The van der Waals surface area contributed by atoms with Crippen LogP contribution in [0.4, 0.5) is 10.1 Å². The van der Waals surface area contributed by atoms with E-state index in [0.717, 1.165) is 18.2 Å². The van der Waals surface area contributed by atoms with Crippen molar-refractivity contribution in [3.8, 4) is 0 Å². The summed E-state index contributed by atoms with van der Waals surface area (Å²) < 4.78 is 40.4. The summed E-state index contributed by atoms with van der Waals surface area (Å²) in [5.41, 5.74) is -0.322. The first-order valence-electron chi connectivity index (χ1n) is 6.04. The highest BCUT2D eigenvalue weighted by atomic mass is 32.2. The maximum absolute atomic E-state index is 13.4. The van der Waals surface area contributed by atoms with Crippen molar-refractivity contribution in [3.63, 3.8) is 0 Å². The minimum atomic E-state index is -4.01. The molecule has 0 heterocycles. The molecule has 2 N–H and O–H groups in total. The SMILES string of the molecule is CSc1ccccc1NS(=O)(=O)c1ccc(F)c(C(=O)O)c1. The Balaban J connectivity index is 2.43. The van der Waals surface area contributed by atoms with Gasteiger partial charge in [-0.2, -0.15) is 0 Å². The monoisotopic (exact) mass is 341 g/mol. The van der Waals surface area contributed by atoms with Crippen LogP contribution in [0.25, 0.3) is 0 Å². The van der Waals surface area contributed by atoms with Gasteiger partial charge in [-0.25, -0.2) is 17.6 Å². The van der Waals surface area contributed by atoms with Crippen molar-refractivity contribution >= 4 is 33.4 Å². The molecule has 116 valence electrons. The molecule has 0 fully saturated rings. The molecule has 0 amide bonds. The molecule has 2 rings (SSSR count). The molecular formula is C14H12FNO4S2. The average molecular weight is 341 g/mol. The number of anilines is 1. The number of benzene rings is 2. The highest BCUT2D eigenvalue weighted by Gasteiger charge is 2.20. The quantitative estimate of drug-likeness (QED) is 0.817. The lowest BCUT2D eigenvalue weighted by Gasteiger charge is -2.11. The van der Waals surface area contributed by atoms with Crippen LogP contribution in [0.5, 0.6) is 0 Å². The summed E-state index contributed by atoms with van der Waals surface area (Å²) in [6.45, 7) is 0. The molecular weight excluding hydrogens is 329 g/mol. The van der Waals surface area contributed by atoms with Crippen molar-refractivity contribution in [2.24, 2.45) is 0 Å². The van der Waals surface area contributed by atoms with E-state index in [1.54, 1.807) is 30.5 Å². The number of carboxylic acid groups (broad SMARTS) is 1. The Labute approximate surface area is 131 Å². The first-order chi connectivity index (χ1) is 10.3. The molecule has 2 aromatic rings. The molecule has 0 aromatic heterocycles. The molecule has 0 spiro atoms. The van der Waals surface area contributed by atoms with Gasteiger partial charge in [0.05, 0.1) is 16.1 Å². The van der Waals surface area contributed by atoms with Crippen molar-refractivity contribution in [2.75, 3.05) is 11.0 Å². The molecule has 8 heteroatoms. The number of sulfonamides is 1. The summed E-state index contributed by atoms with van der Waals surface area (Å²) >= 11 is 1.36. The molecule has 0 aliphatic rings. The Bertz CT molecular complexity index is 821. The van der Waals surface area contributed by atoms with E-state index in [0.29, 0.717) is 10.6 Å². The third-order valence-electron chi connectivity index (χ3n) is 2.83. The van der Waals surface area contributed by atoms with Crippen LogP contribution >= 0.6 is 11.8 Å². The molecule has 22 heavy (non-hydrogen) atoms. The average Bonchev–Trinajstić information content (AvgIpc) is 2.47. The molecule has 0 saturated carbocycles. The number of carbonyl (C=O) groups is 1. The third-order valence-corrected chi connectivity index (χ3v) is 4.99. The largest absolute Gasteiger partial charge is 0.478 e. The van der Waals surface area contributed by atoms with Crippen LogP contribution < -0.4 is 4.72 Å². The summed E-state index contributed by atoms with van der Waals surface area (Å²) in [5.74, 6) is -2.52. The van der Waals surface area contributed by atoms with Gasteiger partial charge in [0.15, 0.2) is 0 Å². The van der Waals surface area contributed by atoms with E-state index in [1.165, 1.54) is 11.8 Å². The molecule has 2 aromatic carbocycles. The minimum absolute atomic E-state index is 0.317. The van der Waals surface area contributed by atoms with Gasteiger partial charge >= 0.3 is 5.97 Å². The van der Waals surface area contributed by atoms with Gasteiger partial charge in [-0.1, -0.05) is 12.1 Å². The smallest absolute Gasteiger partial charge is 0.338 e. The number of thioether (sulfide) groups is 1. The lowest BCUT2D eigenvalue weighted by molar-refractivity contribution is 0.0691. The third kappa shape index (κ3) is 3.40.